The van der Waals surface area contributed by atoms with Crippen molar-refractivity contribution in [1.29, 1.82) is 0 Å². The van der Waals surface area contributed by atoms with Crippen molar-refractivity contribution < 1.29 is 17.9 Å². The van der Waals surface area contributed by atoms with Gasteiger partial charge < -0.3 is 10.1 Å². The van der Waals surface area contributed by atoms with Gasteiger partial charge in [-0.3, -0.25) is 4.79 Å². The van der Waals surface area contributed by atoms with E-state index in [0.717, 1.165) is 5.69 Å². The van der Waals surface area contributed by atoms with E-state index in [9.17, 15) is 13.2 Å². The van der Waals surface area contributed by atoms with Gasteiger partial charge in [0, 0.05) is 18.3 Å². The number of aromatic nitrogens is 2. The van der Waals surface area contributed by atoms with Gasteiger partial charge in [0.25, 0.3) is 5.91 Å². The van der Waals surface area contributed by atoms with Gasteiger partial charge in [-0.15, -0.1) is 0 Å². The van der Waals surface area contributed by atoms with Crippen LogP contribution in [0, 0.1) is 0 Å². The maximum absolute atomic E-state index is 13.3. The molecule has 0 saturated carbocycles. The first-order valence-electron chi connectivity index (χ1n) is 10.5. The van der Waals surface area contributed by atoms with Gasteiger partial charge in [-0.1, -0.05) is 42.5 Å². The minimum absolute atomic E-state index is 0.133. The summed E-state index contributed by atoms with van der Waals surface area (Å²) in [4.78, 5) is 13.4. The van der Waals surface area contributed by atoms with Crippen molar-refractivity contribution in [2.75, 3.05) is 14.2 Å². The number of hydrogen-bond donors (Lipinski definition) is 2. The Bertz CT molecular complexity index is 1420. The third-order valence-corrected chi connectivity index (χ3v) is 6.68. The lowest BCUT2D eigenvalue weighted by Gasteiger charge is -2.09. The number of carbonyl (C=O) groups is 1. The summed E-state index contributed by atoms with van der Waals surface area (Å²) in [5.41, 5.74) is 2.99. The van der Waals surface area contributed by atoms with Crippen molar-refractivity contribution in [3.8, 4) is 22.7 Å². The molecule has 4 aromatic rings. The molecule has 0 aliphatic heterocycles. The average molecular weight is 477 g/mol. The number of nitrogens with zero attached hydrogens (tertiary/aromatic N) is 2. The highest BCUT2D eigenvalue weighted by atomic mass is 32.2. The number of rotatable bonds is 8. The van der Waals surface area contributed by atoms with Crippen molar-refractivity contribution >= 4 is 15.9 Å². The predicted octanol–water partition coefficient (Wildman–Crippen LogP) is 3.39. The fourth-order valence-electron chi connectivity index (χ4n) is 3.51. The van der Waals surface area contributed by atoms with Crippen LogP contribution in [-0.2, 0) is 16.6 Å². The zero-order valence-electron chi connectivity index (χ0n) is 18.7. The van der Waals surface area contributed by atoms with Crippen molar-refractivity contribution in [3.63, 3.8) is 0 Å². The fourth-order valence-corrected chi connectivity index (χ4v) is 4.31. The van der Waals surface area contributed by atoms with Gasteiger partial charge in [0.05, 0.1) is 23.3 Å². The summed E-state index contributed by atoms with van der Waals surface area (Å²) < 4.78 is 33.6. The van der Waals surface area contributed by atoms with E-state index in [1.165, 1.54) is 19.2 Å². The summed E-state index contributed by atoms with van der Waals surface area (Å²) in [5, 5.41) is 7.56. The smallest absolute Gasteiger partial charge is 0.255 e. The van der Waals surface area contributed by atoms with Crippen LogP contribution in [0.4, 0.5) is 0 Å². The summed E-state index contributed by atoms with van der Waals surface area (Å²) in [5.74, 6) is 0.254. The minimum Gasteiger partial charge on any atom is -0.496 e. The molecule has 4 rings (SSSR count). The molecule has 2 N–H and O–H groups in total. The molecule has 174 valence electrons. The number of sulfonamides is 1. The van der Waals surface area contributed by atoms with Crippen LogP contribution in [0.5, 0.6) is 5.75 Å². The van der Waals surface area contributed by atoms with E-state index in [1.807, 2.05) is 54.6 Å². The van der Waals surface area contributed by atoms with Crippen LogP contribution >= 0.6 is 0 Å². The van der Waals surface area contributed by atoms with Gasteiger partial charge in [-0.05, 0) is 49.0 Å². The predicted molar refractivity (Wildman–Crippen MR) is 129 cm³/mol. The highest BCUT2D eigenvalue weighted by Gasteiger charge is 2.21. The highest BCUT2D eigenvalue weighted by molar-refractivity contribution is 7.89. The molecule has 0 radical (unpaired) electrons. The van der Waals surface area contributed by atoms with E-state index < -0.39 is 10.0 Å². The Labute approximate surface area is 198 Å². The Morgan fingerprint density at radius 3 is 2.47 bits per heavy atom. The molecule has 0 fully saturated rings. The van der Waals surface area contributed by atoms with E-state index in [1.54, 1.807) is 30.1 Å². The summed E-state index contributed by atoms with van der Waals surface area (Å²) in [6.07, 6.45) is 1.67. The van der Waals surface area contributed by atoms with Gasteiger partial charge >= 0.3 is 0 Å². The quantitative estimate of drug-likeness (QED) is 0.406. The maximum atomic E-state index is 13.3. The molecular formula is C25H24N4O4S. The Morgan fingerprint density at radius 1 is 1.00 bits per heavy atom. The molecule has 1 amide bonds. The molecule has 0 aliphatic rings. The molecule has 8 nitrogen and oxygen atoms in total. The van der Waals surface area contributed by atoms with Crippen molar-refractivity contribution in [2.45, 2.75) is 11.4 Å². The molecule has 0 aliphatic carbocycles. The number of hydrogen-bond acceptors (Lipinski definition) is 5. The monoisotopic (exact) mass is 476 g/mol. The Balaban J connectivity index is 1.67. The Morgan fingerprint density at radius 2 is 1.74 bits per heavy atom. The van der Waals surface area contributed by atoms with Crippen molar-refractivity contribution in [2.24, 2.45) is 0 Å². The summed E-state index contributed by atoms with van der Waals surface area (Å²) >= 11 is 0. The van der Waals surface area contributed by atoms with Crippen LogP contribution in [0.2, 0.25) is 0 Å². The number of carbonyl (C=O) groups excluding carboxylic acids is 1. The molecular weight excluding hydrogens is 452 g/mol. The first-order chi connectivity index (χ1) is 16.4. The highest BCUT2D eigenvalue weighted by Crippen LogP contribution is 2.31. The van der Waals surface area contributed by atoms with Gasteiger partial charge in [-0.2, -0.15) is 5.10 Å². The minimum atomic E-state index is -3.58. The maximum Gasteiger partial charge on any atom is 0.255 e. The van der Waals surface area contributed by atoms with Gasteiger partial charge in [0.1, 0.15) is 11.4 Å². The molecule has 0 saturated heterocycles. The van der Waals surface area contributed by atoms with Gasteiger partial charge in [0.2, 0.25) is 10.0 Å². The van der Waals surface area contributed by atoms with E-state index in [0.29, 0.717) is 28.1 Å². The number of amides is 1. The summed E-state index contributed by atoms with van der Waals surface area (Å²) in [6, 6.07) is 23.3. The number of para-hydroxylation sites is 2. The average Bonchev–Trinajstić information content (AvgIpc) is 3.33. The molecule has 0 atom stereocenters. The molecule has 0 spiro atoms. The first-order valence-corrected chi connectivity index (χ1v) is 12.0. The van der Waals surface area contributed by atoms with Crippen LogP contribution < -0.4 is 14.8 Å². The zero-order chi connectivity index (χ0) is 24.1. The molecule has 1 aromatic heterocycles. The van der Waals surface area contributed by atoms with Crippen molar-refractivity contribution in [3.05, 3.63) is 96.2 Å². The van der Waals surface area contributed by atoms with Crippen LogP contribution in [0.3, 0.4) is 0 Å². The normalized spacial score (nSPS) is 11.2. The molecule has 34 heavy (non-hydrogen) atoms. The van der Waals surface area contributed by atoms with E-state index >= 15 is 0 Å². The van der Waals surface area contributed by atoms with Crippen LogP contribution in [0.15, 0.2) is 90.0 Å². The largest absolute Gasteiger partial charge is 0.496 e. The number of ether oxygens (including phenoxy) is 1. The Kier molecular flexibility index (Phi) is 6.76. The number of benzene rings is 3. The number of methoxy groups -OCH3 is 1. The molecule has 9 heteroatoms. The lowest BCUT2D eigenvalue weighted by molar-refractivity contribution is 0.0951. The van der Waals surface area contributed by atoms with Crippen LogP contribution in [-0.4, -0.2) is 38.3 Å². The third kappa shape index (κ3) is 4.85. The molecule has 0 bridgehead atoms. The van der Waals surface area contributed by atoms with Gasteiger partial charge in [0.15, 0.2) is 0 Å². The molecule has 3 aromatic carbocycles. The Hall–Kier alpha value is -3.95. The second-order valence-electron chi connectivity index (χ2n) is 7.41. The SMILES string of the molecule is CNS(=O)(=O)c1cccc(CNC(=O)c2cn(-c3ccccc3)nc2-c2ccccc2OC)c1. The van der Waals surface area contributed by atoms with Gasteiger partial charge in [-0.25, -0.2) is 17.8 Å². The van der Waals surface area contributed by atoms with Crippen LogP contribution in [0.25, 0.3) is 16.9 Å². The summed E-state index contributed by atoms with van der Waals surface area (Å²) in [6.45, 7) is 0.147. The second kappa shape index (κ2) is 9.90. The zero-order valence-corrected chi connectivity index (χ0v) is 19.5. The second-order valence-corrected chi connectivity index (χ2v) is 9.30. The molecule has 0 unspecified atom stereocenters. The lowest BCUT2D eigenvalue weighted by Crippen LogP contribution is -2.23. The standard InChI is InChI=1S/C25H24N4O4S/c1-26-34(31,32)20-12-8-9-18(15-20)16-27-25(30)22-17-29(19-10-4-3-5-11-19)28-24(22)21-13-6-7-14-23(21)33-2/h3-15,17,26H,16H2,1-2H3,(H,27,30). The summed E-state index contributed by atoms with van der Waals surface area (Å²) in [7, 11) is -0.656. The van der Waals surface area contributed by atoms with E-state index in [-0.39, 0.29) is 17.3 Å². The first kappa shape index (κ1) is 23.2. The fraction of sp³-hybridized carbons (Fsp3) is 0.120. The number of nitrogens with one attached hydrogen (secondary N) is 2. The van der Waals surface area contributed by atoms with Crippen molar-refractivity contribution in [1.82, 2.24) is 19.8 Å². The lowest BCUT2D eigenvalue weighted by atomic mass is 10.1. The third-order valence-electron chi connectivity index (χ3n) is 5.27. The van der Waals surface area contributed by atoms with Crippen LogP contribution in [0.1, 0.15) is 15.9 Å². The van der Waals surface area contributed by atoms with E-state index in [2.05, 4.69) is 15.1 Å². The topological polar surface area (TPSA) is 102 Å². The molecule has 1 heterocycles. The van der Waals surface area contributed by atoms with E-state index in [4.69, 9.17) is 4.74 Å².